The van der Waals surface area contributed by atoms with Crippen LogP contribution in [0.1, 0.15) is 18.5 Å². The van der Waals surface area contributed by atoms with Gasteiger partial charge in [-0.05, 0) is 25.0 Å². The molecule has 0 atom stereocenters. The topological polar surface area (TPSA) is 25.4 Å². The molecule has 20 heavy (non-hydrogen) atoms. The molecule has 3 nitrogen and oxygen atoms in total. The van der Waals surface area contributed by atoms with Gasteiger partial charge >= 0.3 is 0 Å². The maximum Gasteiger partial charge on any atom is 0.0726 e. The van der Waals surface area contributed by atoms with Crippen LogP contribution in [0.2, 0.25) is 0 Å². The zero-order valence-corrected chi connectivity index (χ0v) is 12.4. The summed E-state index contributed by atoms with van der Waals surface area (Å²) in [5, 5.41) is 1.21. The van der Waals surface area contributed by atoms with Crippen LogP contribution in [0.4, 0.5) is 5.69 Å². The van der Waals surface area contributed by atoms with Crippen molar-refractivity contribution in [2.45, 2.75) is 24.8 Å². The number of hydrogen-bond acceptors (Lipinski definition) is 3. The van der Waals surface area contributed by atoms with Crippen LogP contribution in [0.15, 0.2) is 30.3 Å². The molecular weight excluding hydrogens is 272 g/mol. The third-order valence-electron chi connectivity index (χ3n) is 4.00. The van der Waals surface area contributed by atoms with Crippen molar-refractivity contribution in [3.05, 3.63) is 36.0 Å². The van der Waals surface area contributed by atoms with Crippen molar-refractivity contribution in [1.29, 1.82) is 0 Å². The minimum atomic E-state index is 0.395. The van der Waals surface area contributed by atoms with E-state index in [1.807, 2.05) is 6.07 Å². The summed E-state index contributed by atoms with van der Waals surface area (Å²) in [6, 6.07) is 10.4. The van der Waals surface area contributed by atoms with Gasteiger partial charge in [0, 0.05) is 31.3 Å². The van der Waals surface area contributed by atoms with E-state index in [0.717, 1.165) is 37.1 Å². The van der Waals surface area contributed by atoms with Gasteiger partial charge in [0.2, 0.25) is 0 Å². The number of hydrogen-bond donors (Lipinski definition) is 0. The number of pyridine rings is 1. The molecule has 4 heteroatoms. The second-order valence-electron chi connectivity index (χ2n) is 5.21. The van der Waals surface area contributed by atoms with Crippen LogP contribution in [0.25, 0.3) is 10.9 Å². The summed E-state index contributed by atoms with van der Waals surface area (Å²) in [5.41, 5.74) is 3.21. The molecule has 2 heterocycles. The summed E-state index contributed by atoms with van der Waals surface area (Å²) in [5.74, 6) is 0.451. The highest BCUT2D eigenvalue weighted by molar-refractivity contribution is 6.17. The monoisotopic (exact) mass is 290 g/mol. The highest BCUT2D eigenvalue weighted by Crippen LogP contribution is 2.29. The van der Waals surface area contributed by atoms with Crippen LogP contribution in [0, 0.1) is 0 Å². The Morgan fingerprint density at radius 1 is 1.30 bits per heavy atom. The van der Waals surface area contributed by atoms with Crippen LogP contribution in [0.5, 0.6) is 0 Å². The Balaban J connectivity index is 1.98. The number of rotatable bonds is 3. The molecule has 0 spiro atoms. The molecule has 1 saturated heterocycles. The summed E-state index contributed by atoms with van der Waals surface area (Å²) in [4.78, 5) is 7.02. The Labute approximate surface area is 124 Å². The SMILES string of the molecule is COC1CCN(c2cc(CCl)nc3ccccc23)CC1. The van der Waals surface area contributed by atoms with E-state index in [1.165, 1.54) is 11.1 Å². The largest absolute Gasteiger partial charge is 0.381 e. The summed E-state index contributed by atoms with van der Waals surface area (Å²) in [6.45, 7) is 2.04. The van der Waals surface area contributed by atoms with E-state index in [9.17, 15) is 0 Å². The lowest BCUT2D eigenvalue weighted by atomic mass is 10.0. The highest BCUT2D eigenvalue weighted by Gasteiger charge is 2.20. The Morgan fingerprint density at radius 2 is 2.05 bits per heavy atom. The smallest absolute Gasteiger partial charge is 0.0726 e. The van der Waals surface area contributed by atoms with Gasteiger partial charge < -0.3 is 9.64 Å². The van der Waals surface area contributed by atoms with Gasteiger partial charge in [-0.2, -0.15) is 0 Å². The van der Waals surface area contributed by atoms with Crippen molar-refractivity contribution in [2.75, 3.05) is 25.1 Å². The summed E-state index contributed by atoms with van der Waals surface area (Å²) < 4.78 is 5.45. The maximum atomic E-state index is 5.98. The van der Waals surface area contributed by atoms with E-state index in [0.29, 0.717) is 12.0 Å². The fourth-order valence-electron chi connectivity index (χ4n) is 2.87. The molecule has 1 aliphatic heterocycles. The number of nitrogens with zero attached hydrogens (tertiary/aromatic N) is 2. The summed E-state index contributed by atoms with van der Waals surface area (Å²) in [7, 11) is 1.80. The van der Waals surface area contributed by atoms with Crippen LogP contribution in [-0.2, 0) is 10.6 Å². The lowest BCUT2D eigenvalue weighted by Gasteiger charge is -2.33. The predicted octanol–water partition coefficient (Wildman–Crippen LogP) is 3.59. The molecule has 106 valence electrons. The first kappa shape index (κ1) is 13.7. The number of ether oxygens (including phenoxy) is 1. The Bertz CT molecular complexity index is 594. The first-order chi connectivity index (χ1) is 9.81. The molecule has 1 aromatic carbocycles. The molecule has 0 radical (unpaired) electrons. The first-order valence-corrected chi connectivity index (χ1v) is 7.57. The van der Waals surface area contributed by atoms with Crippen molar-refractivity contribution in [2.24, 2.45) is 0 Å². The van der Waals surface area contributed by atoms with Gasteiger partial charge in [0.25, 0.3) is 0 Å². The van der Waals surface area contributed by atoms with Gasteiger partial charge in [0.1, 0.15) is 0 Å². The summed E-state index contributed by atoms with van der Waals surface area (Å²) in [6.07, 6.45) is 2.54. The molecule has 2 aromatic rings. The predicted molar refractivity (Wildman–Crippen MR) is 83.5 cm³/mol. The third-order valence-corrected chi connectivity index (χ3v) is 4.27. The molecule has 1 fully saturated rings. The Hall–Kier alpha value is -1.32. The maximum absolute atomic E-state index is 5.98. The van der Waals surface area contributed by atoms with E-state index in [-0.39, 0.29) is 0 Å². The molecule has 1 aromatic heterocycles. The molecule has 0 N–H and O–H groups in total. The lowest BCUT2D eigenvalue weighted by molar-refractivity contribution is 0.0819. The second-order valence-corrected chi connectivity index (χ2v) is 5.47. The zero-order valence-electron chi connectivity index (χ0n) is 11.7. The first-order valence-electron chi connectivity index (χ1n) is 7.04. The van der Waals surface area contributed by atoms with E-state index in [4.69, 9.17) is 16.3 Å². The summed E-state index contributed by atoms with van der Waals surface area (Å²) >= 11 is 5.98. The molecule has 0 amide bonds. The number of benzene rings is 1. The fraction of sp³-hybridized carbons (Fsp3) is 0.438. The molecule has 1 aliphatic rings. The van der Waals surface area contributed by atoms with Crippen LogP contribution in [-0.4, -0.2) is 31.3 Å². The number of aromatic nitrogens is 1. The average molecular weight is 291 g/mol. The van der Waals surface area contributed by atoms with E-state index < -0.39 is 0 Å². The number of piperidine rings is 1. The minimum Gasteiger partial charge on any atom is -0.381 e. The Kier molecular flexibility index (Phi) is 4.08. The number of anilines is 1. The fourth-order valence-corrected chi connectivity index (χ4v) is 3.01. The number of alkyl halides is 1. The van der Waals surface area contributed by atoms with Gasteiger partial charge in [-0.25, -0.2) is 0 Å². The number of halogens is 1. The van der Waals surface area contributed by atoms with Crippen molar-refractivity contribution in [1.82, 2.24) is 4.98 Å². The second kappa shape index (κ2) is 5.98. The van der Waals surface area contributed by atoms with E-state index in [2.05, 4.69) is 34.1 Å². The molecule has 0 aliphatic carbocycles. The van der Waals surface area contributed by atoms with E-state index in [1.54, 1.807) is 7.11 Å². The van der Waals surface area contributed by atoms with Gasteiger partial charge in [-0.3, -0.25) is 4.98 Å². The van der Waals surface area contributed by atoms with Gasteiger partial charge in [-0.1, -0.05) is 18.2 Å². The lowest BCUT2D eigenvalue weighted by Crippen LogP contribution is -2.36. The average Bonchev–Trinajstić information content (AvgIpc) is 2.54. The quantitative estimate of drug-likeness (QED) is 0.808. The highest BCUT2D eigenvalue weighted by atomic mass is 35.5. The van der Waals surface area contributed by atoms with Crippen LogP contribution in [0.3, 0.4) is 0 Å². The normalized spacial score (nSPS) is 16.8. The number of para-hydroxylation sites is 1. The zero-order chi connectivity index (χ0) is 13.9. The van der Waals surface area contributed by atoms with Crippen LogP contribution >= 0.6 is 11.6 Å². The molecule has 0 bridgehead atoms. The standard InChI is InChI=1S/C16H19ClN2O/c1-20-13-6-8-19(9-7-13)16-10-12(11-17)18-15-5-3-2-4-14(15)16/h2-5,10,13H,6-9,11H2,1H3. The van der Waals surface area contributed by atoms with Crippen molar-refractivity contribution >= 4 is 28.2 Å². The molecular formula is C16H19ClN2O. The van der Waals surface area contributed by atoms with Gasteiger partial charge in [0.05, 0.1) is 23.2 Å². The van der Waals surface area contributed by atoms with Crippen molar-refractivity contribution in [3.63, 3.8) is 0 Å². The molecule has 0 unspecified atom stereocenters. The molecule has 3 rings (SSSR count). The number of methoxy groups -OCH3 is 1. The minimum absolute atomic E-state index is 0.395. The Morgan fingerprint density at radius 3 is 2.75 bits per heavy atom. The van der Waals surface area contributed by atoms with E-state index >= 15 is 0 Å². The third kappa shape index (κ3) is 2.60. The van der Waals surface area contributed by atoms with Crippen molar-refractivity contribution < 1.29 is 4.74 Å². The number of fused-ring (bicyclic) bond motifs is 1. The van der Waals surface area contributed by atoms with Gasteiger partial charge in [-0.15, -0.1) is 11.6 Å². The van der Waals surface area contributed by atoms with Crippen molar-refractivity contribution in [3.8, 4) is 0 Å². The van der Waals surface area contributed by atoms with Crippen LogP contribution < -0.4 is 4.90 Å². The van der Waals surface area contributed by atoms with Gasteiger partial charge in [0.15, 0.2) is 0 Å². The molecule has 0 saturated carbocycles.